The Morgan fingerprint density at radius 2 is 2.35 bits per heavy atom. The number of ether oxygens (including phenoxy) is 1. The standard InChI is InChI=1S/C13H22N2O2/c1-17-9-13-4-2-3-11(13)7-15(8-13)12(16)10-5-14-6-10/h10-11,14H,2-9H2,1H3/t11-,13+/m0/s1. The van der Waals surface area contributed by atoms with E-state index >= 15 is 0 Å². The predicted molar refractivity (Wildman–Crippen MR) is 64.6 cm³/mol. The van der Waals surface area contributed by atoms with Crippen molar-refractivity contribution in [3.63, 3.8) is 0 Å². The molecule has 1 amide bonds. The molecule has 2 aliphatic heterocycles. The van der Waals surface area contributed by atoms with Crippen LogP contribution in [0.25, 0.3) is 0 Å². The third-order valence-corrected chi connectivity index (χ3v) is 4.91. The Balaban J connectivity index is 1.68. The Morgan fingerprint density at radius 3 is 3.00 bits per heavy atom. The number of likely N-dealkylation sites (tertiary alicyclic amines) is 1. The van der Waals surface area contributed by atoms with Crippen molar-refractivity contribution in [2.24, 2.45) is 17.3 Å². The van der Waals surface area contributed by atoms with Gasteiger partial charge in [0.05, 0.1) is 12.5 Å². The molecule has 96 valence electrons. The van der Waals surface area contributed by atoms with Gasteiger partial charge in [0.15, 0.2) is 0 Å². The van der Waals surface area contributed by atoms with Crippen LogP contribution in [0.5, 0.6) is 0 Å². The van der Waals surface area contributed by atoms with Crippen molar-refractivity contribution in [1.29, 1.82) is 0 Å². The van der Waals surface area contributed by atoms with Crippen LogP contribution in [-0.4, -0.2) is 50.7 Å². The number of rotatable bonds is 3. The molecule has 0 aromatic carbocycles. The molecule has 0 bridgehead atoms. The zero-order chi connectivity index (χ0) is 11.9. The Hall–Kier alpha value is -0.610. The lowest BCUT2D eigenvalue weighted by atomic mass is 9.82. The van der Waals surface area contributed by atoms with Crippen LogP contribution in [-0.2, 0) is 9.53 Å². The molecule has 0 spiro atoms. The molecule has 1 N–H and O–H groups in total. The van der Waals surface area contributed by atoms with Crippen molar-refractivity contribution >= 4 is 5.91 Å². The second-order valence-electron chi connectivity index (χ2n) is 5.96. The second kappa shape index (κ2) is 4.25. The van der Waals surface area contributed by atoms with E-state index < -0.39 is 0 Å². The van der Waals surface area contributed by atoms with Crippen LogP contribution >= 0.6 is 0 Å². The normalized spacial score (nSPS) is 37.0. The van der Waals surface area contributed by atoms with Crippen LogP contribution in [0.15, 0.2) is 0 Å². The summed E-state index contributed by atoms with van der Waals surface area (Å²) in [5, 5.41) is 3.18. The van der Waals surface area contributed by atoms with Crippen LogP contribution in [0, 0.1) is 17.3 Å². The van der Waals surface area contributed by atoms with Crippen LogP contribution in [0.2, 0.25) is 0 Å². The van der Waals surface area contributed by atoms with Crippen LogP contribution in [0.1, 0.15) is 19.3 Å². The van der Waals surface area contributed by atoms with Crippen molar-refractivity contribution in [3.8, 4) is 0 Å². The predicted octanol–water partition coefficient (Wildman–Crippen LogP) is 0.481. The van der Waals surface area contributed by atoms with Gasteiger partial charge in [0.1, 0.15) is 0 Å². The fourth-order valence-electron chi connectivity index (χ4n) is 3.83. The highest BCUT2D eigenvalue weighted by atomic mass is 16.5. The second-order valence-corrected chi connectivity index (χ2v) is 5.96. The molecule has 1 saturated carbocycles. The monoisotopic (exact) mass is 238 g/mol. The third kappa shape index (κ3) is 1.78. The van der Waals surface area contributed by atoms with E-state index in [1.54, 1.807) is 7.11 Å². The molecule has 3 rings (SSSR count). The van der Waals surface area contributed by atoms with E-state index in [4.69, 9.17) is 4.74 Å². The van der Waals surface area contributed by atoms with E-state index in [9.17, 15) is 4.79 Å². The molecule has 3 aliphatic rings. The lowest BCUT2D eigenvalue weighted by molar-refractivity contribution is -0.136. The van der Waals surface area contributed by atoms with Gasteiger partial charge in [-0.25, -0.2) is 0 Å². The Morgan fingerprint density at radius 1 is 1.53 bits per heavy atom. The van der Waals surface area contributed by atoms with Crippen molar-refractivity contribution in [1.82, 2.24) is 10.2 Å². The lowest BCUT2D eigenvalue weighted by Crippen LogP contribution is -2.52. The molecule has 0 aromatic heterocycles. The number of nitrogens with zero attached hydrogens (tertiary/aromatic N) is 1. The molecule has 2 atom stereocenters. The summed E-state index contributed by atoms with van der Waals surface area (Å²) in [6.45, 7) is 4.47. The maximum atomic E-state index is 12.3. The summed E-state index contributed by atoms with van der Waals surface area (Å²) in [5.41, 5.74) is 0.279. The molecule has 0 radical (unpaired) electrons. The average Bonchev–Trinajstić information content (AvgIpc) is 2.71. The van der Waals surface area contributed by atoms with E-state index in [1.807, 2.05) is 0 Å². The topological polar surface area (TPSA) is 41.6 Å². The van der Waals surface area contributed by atoms with Crippen molar-refractivity contribution < 1.29 is 9.53 Å². The number of carbonyl (C=O) groups is 1. The summed E-state index contributed by atoms with van der Waals surface area (Å²) in [4.78, 5) is 14.4. The van der Waals surface area contributed by atoms with Crippen molar-refractivity contribution in [2.75, 3.05) is 39.9 Å². The van der Waals surface area contributed by atoms with Gasteiger partial charge in [0, 0.05) is 38.7 Å². The fourth-order valence-corrected chi connectivity index (χ4v) is 3.83. The number of methoxy groups -OCH3 is 1. The van der Waals surface area contributed by atoms with Crippen LogP contribution in [0.4, 0.5) is 0 Å². The first-order valence-electron chi connectivity index (χ1n) is 6.74. The molecule has 4 nitrogen and oxygen atoms in total. The number of carbonyl (C=O) groups excluding carboxylic acids is 1. The van der Waals surface area contributed by atoms with Crippen LogP contribution in [0.3, 0.4) is 0 Å². The minimum atomic E-state index is 0.244. The molecule has 17 heavy (non-hydrogen) atoms. The van der Waals surface area contributed by atoms with Gasteiger partial charge in [0.25, 0.3) is 0 Å². The maximum absolute atomic E-state index is 12.3. The highest BCUT2D eigenvalue weighted by Crippen LogP contribution is 2.49. The summed E-state index contributed by atoms with van der Waals surface area (Å²) in [6, 6.07) is 0. The van der Waals surface area contributed by atoms with Gasteiger partial charge in [-0.2, -0.15) is 0 Å². The number of fused-ring (bicyclic) bond motifs is 1. The molecular weight excluding hydrogens is 216 g/mol. The minimum Gasteiger partial charge on any atom is -0.384 e. The summed E-state index contributed by atoms with van der Waals surface area (Å²) in [5.74, 6) is 1.29. The quantitative estimate of drug-likeness (QED) is 0.777. The van der Waals surface area contributed by atoms with E-state index in [1.165, 1.54) is 19.3 Å². The SMILES string of the molecule is COC[C@]12CCC[C@H]1CN(C(=O)C1CNC1)C2. The Bertz CT molecular complexity index is 317. The molecular formula is C13H22N2O2. The highest BCUT2D eigenvalue weighted by molar-refractivity contribution is 5.80. The van der Waals surface area contributed by atoms with Crippen molar-refractivity contribution in [3.05, 3.63) is 0 Å². The number of hydrogen-bond acceptors (Lipinski definition) is 3. The molecule has 0 aromatic rings. The summed E-state index contributed by atoms with van der Waals surface area (Å²) < 4.78 is 5.41. The van der Waals surface area contributed by atoms with Gasteiger partial charge < -0.3 is 15.0 Å². The Kier molecular flexibility index (Phi) is 2.87. The van der Waals surface area contributed by atoms with Crippen molar-refractivity contribution in [2.45, 2.75) is 19.3 Å². The Labute approximate surface area is 103 Å². The van der Waals surface area contributed by atoms with Gasteiger partial charge in [0.2, 0.25) is 5.91 Å². The summed E-state index contributed by atoms with van der Waals surface area (Å²) in [6.07, 6.45) is 3.81. The van der Waals surface area contributed by atoms with E-state index in [-0.39, 0.29) is 11.3 Å². The van der Waals surface area contributed by atoms with E-state index in [2.05, 4.69) is 10.2 Å². The van der Waals surface area contributed by atoms with E-state index in [0.717, 1.165) is 32.8 Å². The number of nitrogens with one attached hydrogen (secondary N) is 1. The first kappa shape index (κ1) is 11.5. The number of hydrogen-bond donors (Lipinski definition) is 1. The highest BCUT2D eigenvalue weighted by Gasteiger charge is 2.51. The zero-order valence-corrected chi connectivity index (χ0v) is 10.6. The third-order valence-electron chi connectivity index (χ3n) is 4.91. The minimum absolute atomic E-state index is 0.244. The zero-order valence-electron chi connectivity index (χ0n) is 10.6. The smallest absolute Gasteiger partial charge is 0.228 e. The molecule has 0 unspecified atom stereocenters. The first-order chi connectivity index (χ1) is 8.25. The first-order valence-corrected chi connectivity index (χ1v) is 6.74. The van der Waals surface area contributed by atoms with E-state index in [0.29, 0.717) is 11.8 Å². The summed E-state index contributed by atoms with van der Waals surface area (Å²) in [7, 11) is 1.78. The molecule has 2 saturated heterocycles. The summed E-state index contributed by atoms with van der Waals surface area (Å²) >= 11 is 0. The molecule has 4 heteroatoms. The van der Waals surface area contributed by atoms with Gasteiger partial charge in [-0.3, -0.25) is 4.79 Å². The van der Waals surface area contributed by atoms with Gasteiger partial charge in [-0.05, 0) is 18.8 Å². The van der Waals surface area contributed by atoms with Crippen LogP contribution < -0.4 is 5.32 Å². The molecule has 3 fully saturated rings. The average molecular weight is 238 g/mol. The molecule has 2 heterocycles. The lowest BCUT2D eigenvalue weighted by Gasteiger charge is -2.32. The van der Waals surface area contributed by atoms with Gasteiger partial charge >= 0.3 is 0 Å². The molecule has 1 aliphatic carbocycles. The maximum Gasteiger partial charge on any atom is 0.228 e. The van der Waals surface area contributed by atoms with Gasteiger partial charge in [-0.15, -0.1) is 0 Å². The fraction of sp³-hybridized carbons (Fsp3) is 0.923. The number of amides is 1. The largest absolute Gasteiger partial charge is 0.384 e. The van der Waals surface area contributed by atoms with Gasteiger partial charge in [-0.1, -0.05) is 6.42 Å².